The van der Waals surface area contributed by atoms with E-state index in [1.165, 1.54) is 4.90 Å². The molecule has 1 N–H and O–H groups in total. The van der Waals surface area contributed by atoms with Crippen LogP contribution in [0.15, 0.2) is 23.0 Å². The highest BCUT2D eigenvalue weighted by molar-refractivity contribution is 7.98. The zero-order valence-corrected chi connectivity index (χ0v) is 17.2. The topological polar surface area (TPSA) is 56.4 Å². The zero-order valence-electron chi connectivity index (χ0n) is 15.6. The van der Waals surface area contributed by atoms with Gasteiger partial charge in [-0.3, -0.25) is 14.5 Å². The minimum Gasteiger partial charge on any atom is -0.336 e. The second-order valence-electron chi connectivity index (χ2n) is 7.16. The number of rotatable bonds is 2. The van der Waals surface area contributed by atoms with Gasteiger partial charge in [-0.15, -0.1) is 12.4 Å². The van der Waals surface area contributed by atoms with Crippen LogP contribution in [0.2, 0.25) is 0 Å². The fourth-order valence-electron chi connectivity index (χ4n) is 3.87. The van der Waals surface area contributed by atoms with Crippen molar-refractivity contribution in [3.63, 3.8) is 0 Å². The minimum absolute atomic E-state index is 0. The standard InChI is InChI=1S/C19H20F3N3O2S.ClH/c20-19(21,22)11-24-4-6-25(7-5-24)18(27)12-1-2-16-14(9-12)13-3-8-28-10-15(13)17(26)23-16;/h1-2,9H,3-8,10-11H2,(H,23,26);1H. The number of hydrogen-bond donors (Lipinski definition) is 1. The van der Waals surface area contributed by atoms with Gasteiger partial charge in [-0.05, 0) is 35.9 Å². The fourth-order valence-corrected chi connectivity index (χ4v) is 4.87. The van der Waals surface area contributed by atoms with E-state index < -0.39 is 12.7 Å². The van der Waals surface area contributed by atoms with Crippen LogP contribution in [0.25, 0.3) is 10.9 Å². The Morgan fingerprint density at radius 3 is 2.55 bits per heavy atom. The van der Waals surface area contributed by atoms with Crippen molar-refractivity contribution in [2.75, 3.05) is 38.5 Å². The number of halogens is 4. The summed E-state index contributed by atoms with van der Waals surface area (Å²) in [6.07, 6.45) is -3.44. The first kappa shape index (κ1) is 22.0. The van der Waals surface area contributed by atoms with Crippen molar-refractivity contribution >= 4 is 41.0 Å². The third kappa shape index (κ3) is 4.73. The molecule has 2 aliphatic rings. The predicted octanol–water partition coefficient (Wildman–Crippen LogP) is 3.06. The van der Waals surface area contributed by atoms with Crippen LogP contribution in [0.4, 0.5) is 13.2 Å². The second-order valence-corrected chi connectivity index (χ2v) is 8.26. The number of aromatic nitrogens is 1. The van der Waals surface area contributed by atoms with Crippen LogP contribution in [-0.4, -0.2) is 65.3 Å². The summed E-state index contributed by atoms with van der Waals surface area (Å²) in [4.78, 5) is 30.9. The van der Waals surface area contributed by atoms with Gasteiger partial charge in [0.15, 0.2) is 0 Å². The molecule has 0 bridgehead atoms. The molecule has 3 heterocycles. The number of thioether (sulfide) groups is 1. The normalized spacial score (nSPS) is 17.7. The molecule has 4 rings (SSSR count). The van der Waals surface area contributed by atoms with Crippen LogP contribution < -0.4 is 5.56 Å². The number of alkyl halides is 3. The molecule has 0 spiro atoms. The number of nitrogens with zero attached hydrogens (tertiary/aromatic N) is 2. The number of hydrogen-bond acceptors (Lipinski definition) is 4. The number of benzene rings is 1. The molecule has 2 aliphatic heterocycles. The lowest BCUT2D eigenvalue weighted by Crippen LogP contribution is -2.50. The summed E-state index contributed by atoms with van der Waals surface area (Å²) in [6, 6.07) is 5.23. The van der Waals surface area contributed by atoms with Crippen LogP contribution in [0.5, 0.6) is 0 Å². The summed E-state index contributed by atoms with van der Waals surface area (Å²) in [5.74, 6) is 1.42. The van der Waals surface area contributed by atoms with Gasteiger partial charge in [0.05, 0.1) is 6.54 Å². The lowest BCUT2D eigenvalue weighted by molar-refractivity contribution is -0.148. The largest absolute Gasteiger partial charge is 0.401 e. The molecule has 10 heteroatoms. The van der Waals surface area contributed by atoms with Crippen LogP contribution >= 0.6 is 24.2 Å². The number of carbonyl (C=O) groups is 1. The quantitative estimate of drug-likeness (QED) is 0.768. The number of aromatic amines is 1. The number of amides is 1. The maximum absolute atomic E-state index is 12.9. The van der Waals surface area contributed by atoms with E-state index in [1.54, 1.807) is 28.8 Å². The number of piperazine rings is 1. The van der Waals surface area contributed by atoms with Gasteiger partial charge in [-0.1, -0.05) is 0 Å². The highest BCUT2D eigenvalue weighted by Crippen LogP contribution is 2.28. The van der Waals surface area contributed by atoms with Crippen molar-refractivity contribution in [3.05, 3.63) is 45.2 Å². The monoisotopic (exact) mass is 447 g/mol. The summed E-state index contributed by atoms with van der Waals surface area (Å²) < 4.78 is 37.6. The lowest BCUT2D eigenvalue weighted by atomic mass is 9.99. The van der Waals surface area contributed by atoms with Crippen molar-refractivity contribution in [2.45, 2.75) is 18.3 Å². The van der Waals surface area contributed by atoms with Crippen molar-refractivity contribution < 1.29 is 18.0 Å². The Morgan fingerprint density at radius 1 is 1.14 bits per heavy atom. The Labute approximate surface area is 176 Å². The molecule has 0 radical (unpaired) electrons. The van der Waals surface area contributed by atoms with Crippen molar-refractivity contribution in [1.82, 2.24) is 14.8 Å². The molecule has 0 unspecified atom stereocenters. The molecule has 2 aromatic rings. The number of pyridine rings is 1. The summed E-state index contributed by atoms with van der Waals surface area (Å²) in [7, 11) is 0. The van der Waals surface area contributed by atoms with Gasteiger partial charge in [0.2, 0.25) is 0 Å². The van der Waals surface area contributed by atoms with E-state index in [0.29, 0.717) is 16.8 Å². The average Bonchev–Trinajstić information content (AvgIpc) is 2.67. The Hall–Kier alpha value is -1.71. The maximum atomic E-state index is 12.9. The summed E-state index contributed by atoms with van der Waals surface area (Å²) in [5.41, 5.74) is 2.91. The molecule has 29 heavy (non-hydrogen) atoms. The van der Waals surface area contributed by atoms with E-state index in [9.17, 15) is 22.8 Å². The van der Waals surface area contributed by atoms with Crippen LogP contribution in [0.1, 0.15) is 21.5 Å². The Balaban J connectivity index is 0.00000240. The average molecular weight is 448 g/mol. The lowest BCUT2D eigenvalue weighted by Gasteiger charge is -2.35. The maximum Gasteiger partial charge on any atom is 0.401 e. The summed E-state index contributed by atoms with van der Waals surface area (Å²) >= 11 is 1.72. The SMILES string of the molecule is Cl.O=C(c1ccc2[nH]c(=O)c3c(c2c1)CCSC3)N1CCN(CC(F)(F)F)CC1. The van der Waals surface area contributed by atoms with Gasteiger partial charge in [0.1, 0.15) is 0 Å². The Bertz CT molecular complexity index is 972. The van der Waals surface area contributed by atoms with E-state index in [1.807, 2.05) is 6.07 Å². The van der Waals surface area contributed by atoms with Crippen LogP contribution in [0, 0.1) is 0 Å². The molecule has 0 aliphatic carbocycles. The van der Waals surface area contributed by atoms with Crippen LogP contribution in [-0.2, 0) is 12.2 Å². The number of nitrogens with one attached hydrogen (secondary N) is 1. The molecule has 0 atom stereocenters. The van der Waals surface area contributed by atoms with Gasteiger partial charge in [0.25, 0.3) is 11.5 Å². The molecular formula is C19H21ClF3N3O2S. The van der Waals surface area contributed by atoms with E-state index in [4.69, 9.17) is 0 Å². The van der Waals surface area contributed by atoms with Crippen LogP contribution in [0.3, 0.4) is 0 Å². The Kier molecular flexibility index (Phi) is 6.50. The number of carbonyl (C=O) groups excluding carboxylic acids is 1. The van der Waals surface area contributed by atoms with Gasteiger partial charge < -0.3 is 9.88 Å². The summed E-state index contributed by atoms with van der Waals surface area (Å²) in [5, 5.41) is 0.886. The van der Waals surface area contributed by atoms with Crippen molar-refractivity contribution in [3.8, 4) is 0 Å². The fraction of sp³-hybridized carbons (Fsp3) is 0.474. The predicted molar refractivity (Wildman–Crippen MR) is 110 cm³/mol. The van der Waals surface area contributed by atoms with Crippen molar-refractivity contribution in [2.24, 2.45) is 0 Å². The minimum atomic E-state index is -4.22. The Morgan fingerprint density at radius 2 is 1.86 bits per heavy atom. The second kappa shape index (κ2) is 8.57. The molecule has 5 nitrogen and oxygen atoms in total. The van der Waals surface area contributed by atoms with E-state index >= 15 is 0 Å². The van der Waals surface area contributed by atoms with Gasteiger partial charge in [-0.25, -0.2) is 0 Å². The molecule has 0 saturated carbocycles. The molecule has 1 fully saturated rings. The molecule has 1 aromatic carbocycles. The van der Waals surface area contributed by atoms with Gasteiger partial charge in [0, 0.05) is 54.0 Å². The number of H-pyrrole nitrogens is 1. The number of aryl methyl sites for hydroxylation is 1. The molecule has 158 valence electrons. The van der Waals surface area contributed by atoms with Crippen molar-refractivity contribution in [1.29, 1.82) is 0 Å². The molecular weight excluding hydrogens is 427 g/mol. The molecule has 1 saturated heterocycles. The number of fused-ring (bicyclic) bond motifs is 3. The van der Waals surface area contributed by atoms with Gasteiger partial charge in [-0.2, -0.15) is 24.9 Å². The van der Waals surface area contributed by atoms with Gasteiger partial charge >= 0.3 is 6.18 Å². The first-order chi connectivity index (χ1) is 13.3. The summed E-state index contributed by atoms with van der Waals surface area (Å²) in [6.45, 7) is 0.0146. The highest BCUT2D eigenvalue weighted by atomic mass is 35.5. The first-order valence-corrected chi connectivity index (χ1v) is 10.3. The third-order valence-corrected chi connectivity index (χ3v) is 6.27. The zero-order chi connectivity index (χ0) is 19.9. The smallest absolute Gasteiger partial charge is 0.336 e. The highest BCUT2D eigenvalue weighted by Gasteiger charge is 2.33. The molecule has 1 amide bonds. The van der Waals surface area contributed by atoms with E-state index in [0.717, 1.165) is 28.7 Å². The van der Waals surface area contributed by atoms with E-state index in [-0.39, 0.29) is 50.1 Å². The van der Waals surface area contributed by atoms with E-state index in [2.05, 4.69) is 4.98 Å². The molecule has 1 aromatic heterocycles. The third-order valence-electron chi connectivity index (χ3n) is 5.28. The first-order valence-electron chi connectivity index (χ1n) is 9.16.